The molecule has 0 bridgehead atoms. The fraction of sp³-hybridized carbons (Fsp3) is 0.526. The van der Waals surface area contributed by atoms with E-state index in [4.69, 9.17) is 4.98 Å². The third-order valence-electron chi connectivity index (χ3n) is 6.05. The zero-order chi connectivity index (χ0) is 15.5. The molecule has 2 unspecified atom stereocenters. The SMILES string of the molecule is C=C1C(C)C(Cc2nc3c(C)c(C)c(C)c(C)c3[nH]2)C1C. The van der Waals surface area contributed by atoms with Gasteiger partial charge in [0.05, 0.1) is 11.0 Å². The molecular weight excluding hydrogens is 256 g/mol. The normalized spacial score (nSPS) is 25.4. The highest BCUT2D eigenvalue weighted by Crippen LogP contribution is 2.45. The summed E-state index contributed by atoms with van der Waals surface area (Å²) in [5.74, 6) is 3.07. The monoisotopic (exact) mass is 282 g/mol. The van der Waals surface area contributed by atoms with Gasteiger partial charge in [0, 0.05) is 6.42 Å². The molecule has 2 atom stereocenters. The van der Waals surface area contributed by atoms with Gasteiger partial charge in [-0.1, -0.05) is 26.0 Å². The van der Waals surface area contributed by atoms with Gasteiger partial charge in [0.15, 0.2) is 0 Å². The summed E-state index contributed by atoms with van der Waals surface area (Å²) in [5, 5.41) is 0. The van der Waals surface area contributed by atoms with Crippen molar-refractivity contribution in [3.8, 4) is 0 Å². The average Bonchev–Trinajstić information content (AvgIpc) is 2.91. The second kappa shape index (κ2) is 4.72. The van der Waals surface area contributed by atoms with Gasteiger partial charge in [-0.3, -0.25) is 0 Å². The molecule has 2 aromatic rings. The number of hydrogen-bond acceptors (Lipinski definition) is 1. The lowest BCUT2D eigenvalue weighted by Crippen LogP contribution is -2.37. The highest BCUT2D eigenvalue weighted by atomic mass is 14.9. The highest BCUT2D eigenvalue weighted by molar-refractivity contribution is 5.84. The first kappa shape index (κ1) is 14.4. The molecule has 2 nitrogen and oxygen atoms in total. The minimum atomic E-state index is 0.624. The lowest BCUT2D eigenvalue weighted by atomic mass is 9.62. The van der Waals surface area contributed by atoms with Crippen molar-refractivity contribution >= 4 is 11.0 Å². The van der Waals surface area contributed by atoms with Crippen LogP contribution in [0.4, 0.5) is 0 Å². The number of hydrogen-bond donors (Lipinski definition) is 1. The lowest BCUT2D eigenvalue weighted by molar-refractivity contribution is 0.199. The Kier molecular flexibility index (Phi) is 3.23. The van der Waals surface area contributed by atoms with Crippen LogP contribution < -0.4 is 0 Å². The maximum atomic E-state index is 4.91. The Morgan fingerprint density at radius 1 is 0.952 bits per heavy atom. The van der Waals surface area contributed by atoms with Gasteiger partial charge in [-0.15, -0.1) is 0 Å². The second-order valence-electron chi connectivity index (χ2n) is 6.93. The number of aromatic amines is 1. The van der Waals surface area contributed by atoms with Crippen LogP contribution in [0.25, 0.3) is 11.0 Å². The molecule has 0 radical (unpaired) electrons. The molecule has 1 saturated carbocycles. The largest absolute Gasteiger partial charge is 0.342 e. The maximum absolute atomic E-state index is 4.91. The van der Waals surface area contributed by atoms with E-state index >= 15 is 0 Å². The molecule has 0 spiro atoms. The molecule has 21 heavy (non-hydrogen) atoms. The van der Waals surface area contributed by atoms with Gasteiger partial charge in [-0.2, -0.15) is 0 Å². The number of allylic oxidation sites excluding steroid dienone is 1. The fourth-order valence-electron chi connectivity index (χ4n) is 3.85. The van der Waals surface area contributed by atoms with Crippen LogP contribution in [0.1, 0.15) is 41.9 Å². The Morgan fingerprint density at radius 2 is 1.52 bits per heavy atom. The van der Waals surface area contributed by atoms with E-state index in [9.17, 15) is 0 Å². The molecule has 1 aliphatic rings. The van der Waals surface area contributed by atoms with Gasteiger partial charge in [-0.05, 0) is 67.7 Å². The topological polar surface area (TPSA) is 28.7 Å². The summed E-state index contributed by atoms with van der Waals surface area (Å²) in [6.45, 7) is 17.6. The van der Waals surface area contributed by atoms with Crippen LogP contribution in [-0.2, 0) is 6.42 Å². The first-order chi connectivity index (χ1) is 9.82. The van der Waals surface area contributed by atoms with Gasteiger partial charge in [0.2, 0.25) is 0 Å². The highest BCUT2D eigenvalue weighted by Gasteiger charge is 2.38. The smallest absolute Gasteiger partial charge is 0.107 e. The number of aromatic nitrogens is 2. The van der Waals surface area contributed by atoms with Gasteiger partial charge in [0.1, 0.15) is 5.82 Å². The van der Waals surface area contributed by atoms with E-state index in [0.717, 1.165) is 17.8 Å². The van der Waals surface area contributed by atoms with Gasteiger partial charge < -0.3 is 4.98 Å². The number of aryl methyl sites for hydroxylation is 2. The summed E-state index contributed by atoms with van der Waals surface area (Å²) >= 11 is 0. The number of imidazole rings is 1. The van der Waals surface area contributed by atoms with Crippen molar-refractivity contribution in [2.75, 3.05) is 0 Å². The van der Waals surface area contributed by atoms with E-state index in [1.165, 1.54) is 33.3 Å². The van der Waals surface area contributed by atoms with Crippen molar-refractivity contribution in [2.24, 2.45) is 17.8 Å². The molecule has 0 amide bonds. The predicted molar refractivity (Wildman–Crippen MR) is 89.7 cm³/mol. The molecule has 1 fully saturated rings. The van der Waals surface area contributed by atoms with Crippen molar-refractivity contribution in [3.05, 3.63) is 40.2 Å². The Balaban J connectivity index is 2.01. The number of H-pyrrole nitrogens is 1. The van der Waals surface area contributed by atoms with Gasteiger partial charge >= 0.3 is 0 Å². The van der Waals surface area contributed by atoms with Crippen molar-refractivity contribution in [1.29, 1.82) is 0 Å². The zero-order valence-corrected chi connectivity index (χ0v) is 14.1. The molecule has 1 N–H and O–H groups in total. The summed E-state index contributed by atoms with van der Waals surface area (Å²) in [6.07, 6.45) is 1.03. The summed E-state index contributed by atoms with van der Waals surface area (Å²) in [4.78, 5) is 8.49. The van der Waals surface area contributed by atoms with Crippen molar-refractivity contribution in [3.63, 3.8) is 0 Å². The van der Waals surface area contributed by atoms with Gasteiger partial charge in [0.25, 0.3) is 0 Å². The minimum absolute atomic E-state index is 0.624. The van der Waals surface area contributed by atoms with Crippen LogP contribution in [0.3, 0.4) is 0 Å². The number of benzene rings is 1. The van der Waals surface area contributed by atoms with Gasteiger partial charge in [-0.25, -0.2) is 4.98 Å². The Hall–Kier alpha value is -1.57. The van der Waals surface area contributed by atoms with Crippen LogP contribution in [0.2, 0.25) is 0 Å². The summed E-state index contributed by atoms with van der Waals surface area (Å²) in [7, 11) is 0. The minimum Gasteiger partial charge on any atom is -0.342 e. The van der Waals surface area contributed by atoms with E-state index in [-0.39, 0.29) is 0 Å². The summed E-state index contributed by atoms with van der Waals surface area (Å²) < 4.78 is 0. The van der Waals surface area contributed by atoms with Crippen molar-refractivity contribution in [1.82, 2.24) is 9.97 Å². The third kappa shape index (κ3) is 1.96. The molecule has 1 heterocycles. The van der Waals surface area contributed by atoms with E-state index in [1.807, 2.05) is 0 Å². The first-order valence-electron chi connectivity index (χ1n) is 7.96. The van der Waals surface area contributed by atoms with E-state index in [0.29, 0.717) is 17.8 Å². The van der Waals surface area contributed by atoms with Crippen molar-refractivity contribution in [2.45, 2.75) is 48.0 Å². The molecule has 112 valence electrons. The third-order valence-corrected chi connectivity index (χ3v) is 6.05. The van der Waals surface area contributed by atoms with Crippen LogP contribution in [0, 0.1) is 45.4 Å². The average molecular weight is 282 g/mol. The zero-order valence-electron chi connectivity index (χ0n) is 14.1. The Labute approximate surface area is 127 Å². The van der Waals surface area contributed by atoms with E-state index in [2.05, 4.69) is 53.1 Å². The van der Waals surface area contributed by atoms with Crippen LogP contribution in [0.5, 0.6) is 0 Å². The number of nitrogens with one attached hydrogen (secondary N) is 1. The number of rotatable bonds is 2. The molecule has 1 aliphatic carbocycles. The Morgan fingerprint density at radius 3 is 2.14 bits per heavy atom. The fourth-order valence-corrected chi connectivity index (χ4v) is 3.85. The van der Waals surface area contributed by atoms with Crippen LogP contribution in [-0.4, -0.2) is 9.97 Å². The molecule has 3 rings (SSSR count). The van der Waals surface area contributed by atoms with Crippen LogP contribution in [0.15, 0.2) is 12.2 Å². The van der Waals surface area contributed by atoms with Crippen molar-refractivity contribution < 1.29 is 0 Å². The van der Waals surface area contributed by atoms with E-state index < -0.39 is 0 Å². The summed E-state index contributed by atoms with van der Waals surface area (Å²) in [6, 6.07) is 0. The van der Waals surface area contributed by atoms with E-state index in [1.54, 1.807) is 0 Å². The molecule has 2 heteroatoms. The molecule has 0 aliphatic heterocycles. The molecule has 0 saturated heterocycles. The number of nitrogens with zero attached hydrogens (tertiary/aromatic N) is 1. The molecular formula is C19H26N2. The molecule has 1 aromatic carbocycles. The first-order valence-corrected chi connectivity index (χ1v) is 7.96. The lowest BCUT2D eigenvalue weighted by Gasteiger charge is -2.43. The second-order valence-corrected chi connectivity index (χ2v) is 6.93. The molecule has 1 aromatic heterocycles. The van der Waals surface area contributed by atoms with Crippen LogP contribution >= 0.6 is 0 Å². The summed E-state index contributed by atoms with van der Waals surface area (Å²) in [5.41, 5.74) is 9.19. The Bertz CT molecular complexity index is 679. The maximum Gasteiger partial charge on any atom is 0.107 e. The number of fused-ring (bicyclic) bond motifs is 1. The standard InChI is InChI=1S/C19H26N2/c1-9-10(2)15(7)19-18(14(9)6)20-17(21-19)8-16-12(4)11(3)13(16)5/h12-13,16H,3,8H2,1-2,4-7H3,(H,20,21). The predicted octanol–water partition coefficient (Wildman–Crippen LogP) is 4.80. The quantitative estimate of drug-likeness (QED) is 0.788.